The maximum atomic E-state index is 13.1. The summed E-state index contributed by atoms with van der Waals surface area (Å²) in [6, 6.07) is 1.39. The van der Waals surface area contributed by atoms with E-state index in [-0.39, 0.29) is 5.56 Å². The zero-order valence-electron chi connectivity index (χ0n) is 10.7. The van der Waals surface area contributed by atoms with Gasteiger partial charge in [0.2, 0.25) is 0 Å². The first-order valence-corrected chi connectivity index (χ1v) is 5.58. The van der Waals surface area contributed by atoms with Crippen LogP contribution in [0.1, 0.15) is 5.56 Å². The van der Waals surface area contributed by atoms with Crippen LogP contribution in [0, 0.1) is 5.82 Å². The fourth-order valence-electron chi connectivity index (χ4n) is 1.49. The molecule has 0 bridgehead atoms. The Balaban J connectivity index is 2.91. The molecule has 116 valence electrons. The van der Waals surface area contributed by atoms with E-state index in [2.05, 4.69) is 4.74 Å². The van der Waals surface area contributed by atoms with Gasteiger partial charge in [-0.05, 0) is 17.7 Å². The van der Waals surface area contributed by atoms with Gasteiger partial charge < -0.3 is 15.2 Å². The smallest absolute Gasteiger partial charge is 0.471 e. The van der Waals surface area contributed by atoms with Crippen molar-refractivity contribution in [3.05, 3.63) is 29.6 Å². The van der Waals surface area contributed by atoms with Crippen molar-refractivity contribution in [1.29, 1.82) is 0 Å². The van der Waals surface area contributed by atoms with Crippen molar-refractivity contribution >= 4 is 11.9 Å². The van der Waals surface area contributed by atoms with Gasteiger partial charge >= 0.3 is 18.1 Å². The summed E-state index contributed by atoms with van der Waals surface area (Å²) in [6.07, 6.45) is -5.59. The first-order chi connectivity index (χ1) is 9.65. The van der Waals surface area contributed by atoms with Crippen LogP contribution in [0.5, 0.6) is 5.75 Å². The molecule has 0 unspecified atom stereocenters. The van der Waals surface area contributed by atoms with E-state index in [1.165, 1.54) is 11.4 Å². The van der Waals surface area contributed by atoms with Crippen molar-refractivity contribution in [2.75, 3.05) is 7.11 Å². The molecule has 0 saturated carbocycles. The number of ether oxygens (including phenoxy) is 1. The van der Waals surface area contributed by atoms with Crippen LogP contribution in [-0.4, -0.2) is 36.3 Å². The van der Waals surface area contributed by atoms with Crippen molar-refractivity contribution in [2.45, 2.75) is 18.6 Å². The quantitative estimate of drug-likeness (QED) is 0.649. The molecule has 0 aliphatic heterocycles. The summed E-state index contributed by atoms with van der Waals surface area (Å²) in [5.41, 5.74) is 0.100. The molecule has 0 saturated heterocycles. The van der Waals surface area contributed by atoms with Crippen LogP contribution < -0.4 is 5.32 Å². The Hall–Kier alpha value is -2.32. The lowest BCUT2D eigenvalue weighted by atomic mass is 10.1. The molecule has 9 heteroatoms. The number of benzene rings is 1. The predicted octanol–water partition coefficient (Wildman–Crippen LogP) is 1.29. The SMILES string of the molecule is COC(=O)[C@H](Cc1ccc(O)c(F)c1)NC(=O)C(F)(F)F. The molecular weight excluding hydrogens is 298 g/mol. The standard InChI is InChI=1S/C12H11F4NO4/c1-21-10(19)8(17-11(20)12(14,15)16)5-6-2-3-9(18)7(13)4-6/h2-4,8,18H,5H2,1H3,(H,17,20)/t8-/m0/s1. The topological polar surface area (TPSA) is 75.6 Å². The fourth-order valence-corrected chi connectivity index (χ4v) is 1.49. The van der Waals surface area contributed by atoms with Gasteiger partial charge in [0, 0.05) is 6.42 Å². The van der Waals surface area contributed by atoms with Gasteiger partial charge in [-0.1, -0.05) is 6.07 Å². The number of aromatic hydroxyl groups is 1. The molecule has 0 aliphatic rings. The Kier molecular flexibility index (Phi) is 5.12. The van der Waals surface area contributed by atoms with Gasteiger partial charge in [-0.3, -0.25) is 4.79 Å². The number of phenolic OH excluding ortho intramolecular Hbond substituents is 1. The third-order valence-electron chi connectivity index (χ3n) is 2.50. The molecule has 0 heterocycles. The summed E-state index contributed by atoms with van der Waals surface area (Å²) in [4.78, 5) is 22.2. The molecule has 0 spiro atoms. The highest BCUT2D eigenvalue weighted by atomic mass is 19.4. The van der Waals surface area contributed by atoms with Gasteiger partial charge in [0.15, 0.2) is 11.6 Å². The Morgan fingerprint density at radius 3 is 2.48 bits per heavy atom. The molecule has 21 heavy (non-hydrogen) atoms. The minimum Gasteiger partial charge on any atom is -0.505 e. The molecule has 0 aromatic heterocycles. The second kappa shape index (κ2) is 6.42. The Labute approximate surface area is 116 Å². The van der Waals surface area contributed by atoms with Gasteiger partial charge in [0.05, 0.1) is 7.11 Å². The number of esters is 1. The summed E-state index contributed by atoms with van der Waals surface area (Å²) in [5, 5.41) is 10.5. The van der Waals surface area contributed by atoms with E-state index < -0.39 is 42.1 Å². The number of nitrogens with one attached hydrogen (secondary N) is 1. The predicted molar refractivity (Wildman–Crippen MR) is 61.8 cm³/mol. The highest BCUT2D eigenvalue weighted by molar-refractivity contribution is 5.87. The number of methoxy groups -OCH3 is 1. The van der Waals surface area contributed by atoms with E-state index >= 15 is 0 Å². The molecular formula is C12H11F4NO4. The number of phenols is 1. The molecule has 1 atom stereocenters. The van der Waals surface area contributed by atoms with Crippen LogP contribution in [0.4, 0.5) is 17.6 Å². The molecule has 0 aliphatic carbocycles. The normalized spacial score (nSPS) is 12.6. The summed E-state index contributed by atoms with van der Waals surface area (Å²) < 4.78 is 53.9. The Morgan fingerprint density at radius 2 is 2.00 bits per heavy atom. The summed E-state index contributed by atoms with van der Waals surface area (Å²) in [7, 11) is 0.937. The van der Waals surface area contributed by atoms with Gasteiger partial charge in [0.25, 0.3) is 0 Å². The lowest BCUT2D eigenvalue weighted by molar-refractivity contribution is -0.175. The lowest BCUT2D eigenvalue weighted by Crippen LogP contribution is -2.48. The summed E-state index contributed by atoms with van der Waals surface area (Å²) in [6.45, 7) is 0. The molecule has 1 aromatic rings. The number of hydrogen-bond donors (Lipinski definition) is 2. The van der Waals surface area contributed by atoms with Gasteiger partial charge in [-0.15, -0.1) is 0 Å². The maximum Gasteiger partial charge on any atom is 0.471 e. The first-order valence-electron chi connectivity index (χ1n) is 5.58. The Morgan fingerprint density at radius 1 is 1.38 bits per heavy atom. The molecule has 2 N–H and O–H groups in total. The summed E-state index contributed by atoms with van der Waals surface area (Å²) >= 11 is 0. The number of rotatable bonds is 4. The fraction of sp³-hybridized carbons (Fsp3) is 0.333. The monoisotopic (exact) mass is 309 g/mol. The van der Waals surface area contributed by atoms with Crippen molar-refractivity contribution in [3.8, 4) is 5.75 Å². The van der Waals surface area contributed by atoms with E-state index in [1.807, 2.05) is 0 Å². The van der Waals surface area contributed by atoms with E-state index in [1.54, 1.807) is 0 Å². The molecule has 5 nitrogen and oxygen atoms in total. The average molecular weight is 309 g/mol. The highest BCUT2D eigenvalue weighted by Gasteiger charge is 2.41. The van der Waals surface area contributed by atoms with Crippen molar-refractivity contribution < 1.29 is 37.0 Å². The van der Waals surface area contributed by atoms with Crippen LogP contribution in [-0.2, 0) is 20.7 Å². The van der Waals surface area contributed by atoms with Gasteiger partial charge in [-0.2, -0.15) is 13.2 Å². The van der Waals surface area contributed by atoms with Crippen LogP contribution in [0.15, 0.2) is 18.2 Å². The zero-order chi connectivity index (χ0) is 16.2. The lowest BCUT2D eigenvalue weighted by Gasteiger charge is -2.17. The third-order valence-corrected chi connectivity index (χ3v) is 2.50. The second-order valence-electron chi connectivity index (χ2n) is 4.04. The number of carbonyl (C=O) groups is 2. The maximum absolute atomic E-state index is 13.1. The van der Waals surface area contributed by atoms with E-state index in [4.69, 9.17) is 5.11 Å². The van der Waals surface area contributed by atoms with Crippen molar-refractivity contribution in [2.24, 2.45) is 0 Å². The van der Waals surface area contributed by atoms with Crippen LogP contribution in [0.3, 0.4) is 0 Å². The number of alkyl halides is 3. The first kappa shape index (κ1) is 16.7. The molecule has 0 radical (unpaired) electrons. The summed E-state index contributed by atoms with van der Waals surface area (Å²) in [5.74, 6) is -5.07. The second-order valence-corrected chi connectivity index (χ2v) is 4.04. The number of halogens is 4. The molecule has 1 rings (SSSR count). The van der Waals surface area contributed by atoms with Crippen LogP contribution in [0.2, 0.25) is 0 Å². The van der Waals surface area contributed by atoms with E-state index in [0.29, 0.717) is 0 Å². The van der Waals surface area contributed by atoms with Crippen molar-refractivity contribution in [1.82, 2.24) is 5.32 Å². The average Bonchev–Trinajstić information content (AvgIpc) is 2.40. The molecule has 0 fully saturated rings. The third kappa shape index (κ3) is 4.62. The van der Waals surface area contributed by atoms with E-state index in [9.17, 15) is 27.2 Å². The highest BCUT2D eigenvalue weighted by Crippen LogP contribution is 2.18. The molecule has 1 aromatic carbocycles. The van der Waals surface area contributed by atoms with Crippen LogP contribution in [0.25, 0.3) is 0 Å². The van der Waals surface area contributed by atoms with Gasteiger partial charge in [-0.25, -0.2) is 9.18 Å². The number of amides is 1. The molecule has 1 amide bonds. The van der Waals surface area contributed by atoms with Crippen molar-refractivity contribution in [3.63, 3.8) is 0 Å². The van der Waals surface area contributed by atoms with Gasteiger partial charge in [0.1, 0.15) is 6.04 Å². The number of hydrogen-bond acceptors (Lipinski definition) is 4. The Bertz CT molecular complexity index is 545. The van der Waals surface area contributed by atoms with Crippen LogP contribution >= 0.6 is 0 Å². The van der Waals surface area contributed by atoms with E-state index in [0.717, 1.165) is 19.2 Å². The number of carbonyl (C=O) groups excluding carboxylic acids is 2. The zero-order valence-corrected chi connectivity index (χ0v) is 10.7. The minimum absolute atomic E-state index is 0.100. The largest absolute Gasteiger partial charge is 0.505 e. The minimum atomic E-state index is -5.16.